The van der Waals surface area contributed by atoms with E-state index in [0.29, 0.717) is 18.0 Å². The van der Waals surface area contributed by atoms with Gasteiger partial charge in [0, 0.05) is 24.0 Å². The molecule has 0 spiro atoms. The second-order valence-electron chi connectivity index (χ2n) is 4.87. The molecule has 0 atom stereocenters. The molecule has 0 fully saturated rings. The lowest BCUT2D eigenvalue weighted by Crippen LogP contribution is -2.14. The molecule has 0 saturated heterocycles. The first-order valence-electron chi connectivity index (χ1n) is 7.20. The maximum atomic E-state index is 12.6. The number of methoxy groups -OCH3 is 2. The van der Waals surface area contributed by atoms with Crippen LogP contribution in [0.5, 0.6) is 11.5 Å². The lowest BCUT2D eigenvalue weighted by molar-refractivity contribution is 0.392. The minimum atomic E-state index is -3.81. The zero-order chi connectivity index (χ0) is 17.6. The third-order valence-corrected chi connectivity index (χ3v) is 4.65. The number of hydrogen-bond donors (Lipinski definition) is 2. The molecule has 0 aromatic heterocycles. The van der Waals surface area contributed by atoms with Gasteiger partial charge < -0.3 is 14.8 Å². The van der Waals surface area contributed by atoms with Crippen LogP contribution >= 0.6 is 0 Å². The van der Waals surface area contributed by atoms with Gasteiger partial charge in [-0.05, 0) is 36.4 Å². The highest BCUT2D eigenvalue weighted by Crippen LogP contribution is 2.29. The maximum absolute atomic E-state index is 12.6. The van der Waals surface area contributed by atoms with Crippen molar-refractivity contribution in [3.63, 3.8) is 0 Å². The summed E-state index contributed by atoms with van der Waals surface area (Å²) in [6.07, 6.45) is 1.74. The van der Waals surface area contributed by atoms with E-state index in [-0.39, 0.29) is 10.6 Å². The normalized spacial score (nSPS) is 10.8. The van der Waals surface area contributed by atoms with Gasteiger partial charge in [0.1, 0.15) is 16.4 Å². The van der Waals surface area contributed by atoms with E-state index < -0.39 is 10.0 Å². The van der Waals surface area contributed by atoms with Crippen LogP contribution in [0.4, 0.5) is 11.4 Å². The zero-order valence-corrected chi connectivity index (χ0v) is 14.4. The van der Waals surface area contributed by atoms with Gasteiger partial charge in [-0.25, -0.2) is 8.42 Å². The van der Waals surface area contributed by atoms with Gasteiger partial charge in [0.2, 0.25) is 0 Å². The topological polar surface area (TPSA) is 76.7 Å². The number of sulfonamides is 1. The summed E-state index contributed by atoms with van der Waals surface area (Å²) in [6, 6.07) is 11.5. The Morgan fingerprint density at radius 2 is 1.71 bits per heavy atom. The lowest BCUT2D eigenvalue weighted by atomic mass is 10.3. The molecule has 2 aromatic carbocycles. The van der Waals surface area contributed by atoms with Crippen molar-refractivity contribution in [2.24, 2.45) is 0 Å². The summed E-state index contributed by atoms with van der Waals surface area (Å²) in [4.78, 5) is 0.0122. The molecule has 0 bridgehead atoms. The summed E-state index contributed by atoms with van der Waals surface area (Å²) in [7, 11) is -0.920. The molecule has 0 radical (unpaired) electrons. The highest BCUT2D eigenvalue weighted by molar-refractivity contribution is 7.92. The second kappa shape index (κ2) is 7.74. The number of nitrogens with one attached hydrogen (secondary N) is 2. The Labute approximate surface area is 142 Å². The summed E-state index contributed by atoms with van der Waals surface area (Å²) in [6.45, 7) is 4.26. The molecule has 0 aliphatic heterocycles. The van der Waals surface area contributed by atoms with Crippen molar-refractivity contribution in [1.82, 2.24) is 0 Å². The van der Waals surface area contributed by atoms with Crippen LogP contribution in [0, 0.1) is 0 Å². The Bertz CT molecular complexity index is 802. The largest absolute Gasteiger partial charge is 0.497 e. The molecule has 0 unspecified atom stereocenters. The predicted octanol–water partition coefficient (Wildman–Crippen LogP) is 3.10. The van der Waals surface area contributed by atoms with Gasteiger partial charge >= 0.3 is 0 Å². The number of anilines is 2. The molecule has 6 nitrogen and oxygen atoms in total. The molecule has 2 N–H and O–H groups in total. The van der Waals surface area contributed by atoms with Crippen molar-refractivity contribution in [2.45, 2.75) is 4.90 Å². The molecule has 128 valence electrons. The third-order valence-electron chi connectivity index (χ3n) is 3.25. The molecule has 0 aliphatic carbocycles. The minimum absolute atomic E-state index is 0.0122. The molecule has 7 heteroatoms. The first-order chi connectivity index (χ1) is 11.5. The van der Waals surface area contributed by atoms with Crippen molar-refractivity contribution in [3.05, 3.63) is 55.1 Å². The monoisotopic (exact) mass is 348 g/mol. The fourth-order valence-electron chi connectivity index (χ4n) is 2.05. The molecule has 24 heavy (non-hydrogen) atoms. The first kappa shape index (κ1) is 17.7. The van der Waals surface area contributed by atoms with E-state index in [4.69, 9.17) is 9.47 Å². The Kier molecular flexibility index (Phi) is 5.70. The predicted molar refractivity (Wildman–Crippen MR) is 95.5 cm³/mol. The fourth-order valence-corrected chi connectivity index (χ4v) is 3.29. The van der Waals surface area contributed by atoms with E-state index in [1.54, 1.807) is 42.5 Å². The molecule has 2 rings (SSSR count). The number of hydrogen-bond acceptors (Lipinski definition) is 5. The number of benzene rings is 2. The molecule has 0 heterocycles. The average molecular weight is 348 g/mol. The standard InChI is InChI=1S/C17H20N2O4S/c1-4-11-18-13-5-7-14(8-6-13)19-24(20,21)17-12-15(22-2)9-10-16(17)23-3/h4-10,12,18-19H,1,11H2,2-3H3. The first-order valence-corrected chi connectivity index (χ1v) is 8.68. The van der Waals surface area contributed by atoms with Crippen molar-refractivity contribution >= 4 is 21.4 Å². The Hall–Kier alpha value is -2.67. The van der Waals surface area contributed by atoms with Crippen molar-refractivity contribution in [2.75, 3.05) is 30.8 Å². The van der Waals surface area contributed by atoms with Crippen molar-refractivity contribution in [1.29, 1.82) is 0 Å². The maximum Gasteiger partial charge on any atom is 0.265 e. The van der Waals surface area contributed by atoms with Crippen LogP contribution in [0.25, 0.3) is 0 Å². The summed E-state index contributed by atoms with van der Waals surface area (Å²) in [5.74, 6) is 0.674. The Balaban J connectivity index is 2.26. The summed E-state index contributed by atoms with van der Waals surface area (Å²) < 4.78 is 38.0. The second-order valence-corrected chi connectivity index (χ2v) is 6.52. The van der Waals surface area contributed by atoms with Gasteiger partial charge in [-0.1, -0.05) is 6.08 Å². The van der Waals surface area contributed by atoms with E-state index in [2.05, 4.69) is 16.6 Å². The van der Waals surface area contributed by atoms with E-state index in [0.717, 1.165) is 5.69 Å². The van der Waals surface area contributed by atoms with Crippen molar-refractivity contribution < 1.29 is 17.9 Å². The quantitative estimate of drug-likeness (QED) is 0.717. The molecule has 0 aliphatic rings. The van der Waals surface area contributed by atoms with Crippen LogP contribution in [-0.2, 0) is 10.0 Å². The van der Waals surface area contributed by atoms with Crippen LogP contribution in [0.2, 0.25) is 0 Å². The van der Waals surface area contributed by atoms with Gasteiger partial charge in [-0.2, -0.15) is 0 Å². The fraction of sp³-hybridized carbons (Fsp3) is 0.176. The van der Waals surface area contributed by atoms with Crippen LogP contribution < -0.4 is 19.5 Å². The highest BCUT2D eigenvalue weighted by Gasteiger charge is 2.20. The van der Waals surface area contributed by atoms with Gasteiger partial charge in [-0.15, -0.1) is 6.58 Å². The van der Waals surface area contributed by atoms with Crippen LogP contribution in [-0.4, -0.2) is 29.2 Å². The summed E-state index contributed by atoms with van der Waals surface area (Å²) in [5.41, 5.74) is 1.32. The minimum Gasteiger partial charge on any atom is -0.497 e. The molecule has 2 aromatic rings. The van der Waals surface area contributed by atoms with E-state index in [1.165, 1.54) is 20.3 Å². The molecular weight excluding hydrogens is 328 g/mol. The summed E-state index contributed by atoms with van der Waals surface area (Å²) in [5, 5.41) is 3.12. The van der Waals surface area contributed by atoms with Gasteiger partial charge in [-0.3, -0.25) is 4.72 Å². The van der Waals surface area contributed by atoms with E-state index in [1.807, 2.05) is 0 Å². The van der Waals surface area contributed by atoms with E-state index >= 15 is 0 Å². The van der Waals surface area contributed by atoms with Crippen molar-refractivity contribution in [3.8, 4) is 11.5 Å². The third kappa shape index (κ3) is 4.20. The molecule has 0 saturated carbocycles. The smallest absolute Gasteiger partial charge is 0.265 e. The van der Waals surface area contributed by atoms with Gasteiger partial charge in [0.05, 0.1) is 14.2 Å². The summed E-state index contributed by atoms with van der Waals surface area (Å²) >= 11 is 0. The van der Waals surface area contributed by atoms with Gasteiger partial charge in [0.25, 0.3) is 10.0 Å². The SMILES string of the molecule is C=CCNc1ccc(NS(=O)(=O)c2cc(OC)ccc2OC)cc1. The van der Waals surface area contributed by atoms with E-state index in [9.17, 15) is 8.42 Å². The Morgan fingerprint density at radius 3 is 2.29 bits per heavy atom. The number of ether oxygens (including phenoxy) is 2. The average Bonchev–Trinajstić information content (AvgIpc) is 2.60. The lowest BCUT2D eigenvalue weighted by Gasteiger charge is -2.13. The molecular formula is C17H20N2O4S. The van der Waals surface area contributed by atoms with Crippen LogP contribution in [0.3, 0.4) is 0 Å². The van der Waals surface area contributed by atoms with Crippen LogP contribution in [0.1, 0.15) is 0 Å². The van der Waals surface area contributed by atoms with Crippen LogP contribution in [0.15, 0.2) is 60.0 Å². The molecule has 0 amide bonds. The Morgan fingerprint density at radius 1 is 1.04 bits per heavy atom. The zero-order valence-electron chi connectivity index (χ0n) is 13.6. The number of rotatable bonds is 8. The van der Waals surface area contributed by atoms with Gasteiger partial charge in [0.15, 0.2) is 0 Å². The highest BCUT2D eigenvalue weighted by atomic mass is 32.2.